The summed E-state index contributed by atoms with van der Waals surface area (Å²) in [6.07, 6.45) is -0.730. The predicted molar refractivity (Wildman–Crippen MR) is 78.8 cm³/mol. The summed E-state index contributed by atoms with van der Waals surface area (Å²) < 4.78 is 14.2. The van der Waals surface area contributed by atoms with Crippen molar-refractivity contribution >= 4 is 15.9 Å². The van der Waals surface area contributed by atoms with Gasteiger partial charge in [0.1, 0.15) is 11.9 Å². The lowest BCUT2D eigenvalue weighted by atomic mass is 9.95. The molecule has 19 heavy (non-hydrogen) atoms. The van der Waals surface area contributed by atoms with Crippen LogP contribution in [0, 0.1) is 26.6 Å². The second kappa shape index (κ2) is 5.43. The van der Waals surface area contributed by atoms with E-state index in [9.17, 15) is 9.50 Å². The van der Waals surface area contributed by atoms with Crippen LogP contribution < -0.4 is 0 Å². The third kappa shape index (κ3) is 2.88. The van der Waals surface area contributed by atoms with E-state index in [-0.39, 0.29) is 5.82 Å². The van der Waals surface area contributed by atoms with E-state index < -0.39 is 6.10 Å². The van der Waals surface area contributed by atoms with E-state index in [0.717, 1.165) is 32.3 Å². The summed E-state index contributed by atoms with van der Waals surface area (Å²) in [6.45, 7) is 5.79. The molecule has 0 radical (unpaired) electrons. The number of hydrogen-bond donors (Lipinski definition) is 1. The van der Waals surface area contributed by atoms with Gasteiger partial charge in [0.25, 0.3) is 0 Å². The summed E-state index contributed by atoms with van der Waals surface area (Å²) >= 11 is 3.51. The SMILES string of the molecule is Cc1cc(F)ccc1C(O)c1cc(C)c(Br)c(C)c1. The van der Waals surface area contributed by atoms with Gasteiger partial charge in [-0.25, -0.2) is 4.39 Å². The van der Waals surface area contributed by atoms with E-state index >= 15 is 0 Å². The van der Waals surface area contributed by atoms with Crippen molar-refractivity contribution < 1.29 is 9.50 Å². The molecule has 0 aromatic heterocycles. The highest BCUT2D eigenvalue weighted by Crippen LogP contribution is 2.30. The minimum Gasteiger partial charge on any atom is -0.384 e. The van der Waals surface area contributed by atoms with Gasteiger partial charge in [0.2, 0.25) is 0 Å². The number of rotatable bonds is 2. The van der Waals surface area contributed by atoms with Crippen LogP contribution in [0.25, 0.3) is 0 Å². The average molecular weight is 323 g/mol. The fourth-order valence-corrected chi connectivity index (χ4v) is 2.49. The zero-order valence-corrected chi connectivity index (χ0v) is 12.8. The van der Waals surface area contributed by atoms with Crippen molar-refractivity contribution in [2.45, 2.75) is 26.9 Å². The Bertz CT molecular complexity index is 599. The third-order valence-corrected chi connectivity index (χ3v) is 4.55. The smallest absolute Gasteiger partial charge is 0.123 e. The van der Waals surface area contributed by atoms with Crippen LogP contribution in [-0.2, 0) is 0 Å². The van der Waals surface area contributed by atoms with E-state index in [4.69, 9.17) is 0 Å². The molecule has 100 valence electrons. The standard InChI is InChI=1S/C16H16BrFO/c1-9-8-13(18)4-5-14(9)16(19)12-6-10(2)15(17)11(3)7-12/h4-8,16,19H,1-3H3. The second-order valence-electron chi connectivity index (χ2n) is 4.87. The fraction of sp³-hybridized carbons (Fsp3) is 0.250. The van der Waals surface area contributed by atoms with Crippen molar-refractivity contribution in [1.82, 2.24) is 0 Å². The molecular weight excluding hydrogens is 307 g/mol. The molecule has 1 atom stereocenters. The minimum absolute atomic E-state index is 0.281. The molecule has 0 saturated heterocycles. The average Bonchev–Trinajstić information content (AvgIpc) is 2.34. The lowest BCUT2D eigenvalue weighted by Crippen LogP contribution is -2.03. The molecule has 1 nitrogen and oxygen atoms in total. The van der Waals surface area contributed by atoms with Crippen molar-refractivity contribution in [3.05, 3.63) is 68.4 Å². The molecule has 0 bridgehead atoms. The van der Waals surface area contributed by atoms with E-state index in [2.05, 4.69) is 15.9 Å². The Balaban J connectivity index is 2.47. The quantitative estimate of drug-likeness (QED) is 0.857. The molecule has 0 amide bonds. The lowest BCUT2D eigenvalue weighted by molar-refractivity contribution is 0.219. The van der Waals surface area contributed by atoms with E-state index in [1.54, 1.807) is 13.0 Å². The molecule has 2 rings (SSSR count). The van der Waals surface area contributed by atoms with E-state index in [1.165, 1.54) is 12.1 Å². The molecule has 0 aliphatic heterocycles. The zero-order chi connectivity index (χ0) is 14.2. The predicted octanol–water partition coefficient (Wildman–Crippen LogP) is 4.60. The van der Waals surface area contributed by atoms with Crippen LogP contribution >= 0.6 is 15.9 Å². The molecule has 2 aromatic carbocycles. The zero-order valence-electron chi connectivity index (χ0n) is 11.2. The van der Waals surface area contributed by atoms with Gasteiger partial charge in [-0.05, 0) is 60.7 Å². The van der Waals surface area contributed by atoms with Crippen LogP contribution in [0.4, 0.5) is 4.39 Å². The van der Waals surface area contributed by atoms with Crippen LogP contribution in [0.15, 0.2) is 34.8 Å². The van der Waals surface area contributed by atoms with Gasteiger partial charge < -0.3 is 5.11 Å². The number of hydrogen-bond acceptors (Lipinski definition) is 1. The molecule has 0 saturated carbocycles. The summed E-state index contributed by atoms with van der Waals surface area (Å²) in [5.74, 6) is -0.281. The van der Waals surface area contributed by atoms with Crippen LogP contribution in [0.1, 0.15) is 33.9 Å². The number of halogens is 2. The summed E-state index contributed by atoms with van der Waals surface area (Å²) in [7, 11) is 0. The Morgan fingerprint density at radius 1 is 1.00 bits per heavy atom. The minimum atomic E-state index is -0.730. The summed E-state index contributed by atoms with van der Waals surface area (Å²) in [4.78, 5) is 0. The summed E-state index contributed by atoms with van der Waals surface area (Å²) in [5.41, 5.74) is 4.48. The molecule has 0 fully saturated rings. The summed E-state index contributed by atoms with van der Waals surface area (Å²) in [5, 5.41) is 10.5. The normalized spacial score (nSPS) is 12.5. The molecule has 1 N–H and O–H groups in total. The van der Waals surface area contributed by atoms with Crippen molar-refractivity contribution in [2.75, 3.05) is 0 Å². The maximum atomic E-state index is 13.1. The molecule has 3 heteroatoms. The monoisotopic (exact) mass is 322 g/mol. The number of aryl methyl sites for hydroxylation is 3. The van der Waals surface area contributed by atoms with E-state index in [0.29, 0.717) is 0 Å². The Morgan fingerprint density at radius 2 is 1.58 bits per heavy atom. The number of aliphatic hydroxyl groups is 1. The van der Waals surface area contributed by atoms with Crippen LogP contribution in [0.5, 0.6) is 0 Å². The molecule has 2 aromatic rings. The molecular formula is C16H16BrFO. The maximum Gasteiger partial charge on any atom is 0.123 e. The largest absolute Gasteiger partial charge is 0.384 e. The summed E-state index contributed by atoms with van der Waals surface area (Å²) in [6, 6.07) is 8.36. The van der Waals surface area contributed by atoms with Gasteiger partial charge in [-0.1, -0.05) is 34.1 Å². The number of aliphatic hydroxyl groups excluding tert-OH is 1. The number of benzene rings is 2. The van der Waals surface area contributed by atoms with Gasteiger partial charge in [-0.3, -0.25) is 0 Å². The Hall–Kier alpha value is -1.19. The van der Waals surface area contributed by atoms with Gasteiger partial charge in [0, 0.05) is 4.47 Å². The van der Waals surface area contributed by atoms with Crippen LogP contribution in [0.2, 0.25) is 0 Å². The van der Waals surface area contributed by atoms with Gasteiger partial charge in [0.15, 0.2) is 0 Å². The Morgan fingerprint density at radius 3 is 2.11 bits per heavy atom. The van der Waals surface area contributed by atoms with Crippen molar-refractivity contribution in [3.8, 4) is 0 Å². The highest BCUT2D eigenvalue weighted by Gasteiger charge is 2.15. The Kier molecular flexibility index (Phi) is 4.07. The van der Waals surface area contributed by atoms with Crippen molar-refractivity contribution in [3.63, 3.8) is 0 Å². The first-order chi connectivity index (χ1) is 8.90. The topological polar surface area (TPSA) is 20.2 Å². The third-order valence-electron chi connectivity index (χ3n) is 3.30. The molecule has 0 aliphatic rings. The van der Waals surface area contributed by atoms with Gasteiger partial charge in [0.05, 0.1) is 0 Å². The maximum absolute atomic E-state index is 13.1. The molecule has 1 unspecified atom stereocenters. The van der Waals surface area contributed by atoms with Crippen molar-refractivity contribution in [2.24, 2.45) is 0 Å². The fourth-order valence-electron chi connectivity index (χ4n) is 2.26. The van der Waals surface area contributed by atoms with Gasteiger partial charge >= 0.3 is 0 Å². The van der Waals surface area contributed by atoms with Crippen LogP contribution in [-0.4, -0.2) is 5.11 Å². The van der Waals surface area contributed by atoms with Crippen molar-refractivity contribution in [1.29, 1.82) is 0 Å². The molecule has 0 aliphatic carbocycles. The second-order valence-corrected chi connectivity index (χ2v) is 5.67. The van der Waals surface area contributed by atoms with Gasteiger partial charge in [-0.15, -0.1) is 0 Å². The highest BCUT2D eigenvalue weighted by molar-refractivity contribution is 9.10. The Labute approximate surface area is 121 Å². The first-order valence-electron chi connectivity index (χ1n) is 6.11. The molecule has 0 heterocycles. The van der Waals surface area contributed by atoms with Crippen LogP contribution in [0.3, 0.4) is 0 Å². The highest BCUT2D eigenvalue weighted by atomic mass is 79.9. The first-order valence-corrected chi connectivity index (χ1v) is 6.90. The lowest BCUT2D eigenvalue weighted by Gasteiger charge is -2.16. The first kappa shape index (κ1) is 14.2. The van der Waals surface area contributed by atoms with E-state index in [1.807, 2.05) is 26.0 Å². The molecule has 0 spiro atoms. The van der Waals surface area contributed by atoms with Gasteiger partial charge in [-0.2, -0.15) is 0 Å².